The van der Waals surface area contributed by atoms with Crippen molar-refractivity contribution in [3.63, 3.8) is 0 Å². The van der Waals surface area contributed by atoms with Crippen molar-refractivity contribution >= 4 is 47.0 Å². The van der Waals surface area contributed by atoms with Crippen molar-refractivity contribution < 1.29 is 14.3 Å². The number of pyridine rings is 1. The minimum absolute atomic E-state index is 0.169. The van der Waals surface area contributed by atoms with Gasteiger partial charge < -0.3 is 19.9 Å². The van der Waals surface area contributed by atoms with Crippen LogP contribution >= 0.6 is 35.0 Å². The van der Waals surface area contributed by atoms with Crippen LogP contribution in [0.5, 0.6) is 0 Å². The fourth-order valence-electron chi connectivity index (χ4n) is 3.40. The first-order valence-electron chi connectivity index (χ1n) is 13.7. The van der Waals surface area contributed by atoms with Gasteiger partial charge in [-0.1, -0.05) is 56.8 Å². The van der Waals surface area contributed by atoms with E-state index < -0.39 is 11.7 Å². The molecule has 234 valence electrons. The van der Waals surface area contributed by atoms with E-state index in [0.717, 1.165) is 38.2 Å². The highest BCUT2D eigenvalue weighted by Gasteiger charge is 2.20. The number of hydrogen-bond acceptors (Lipinski definition) is 5. The van der Waals surface area contributed by atoms with Crippen molar-refractivity contribution in [2.75, 3.05) is 12.9 Å². The normalized spacial score (nSPS) is 11.3. The summed E-state index contributed by atoms with van der Waals surface area (Å²) < 4.78 is 7.38. The van der Waals surface area contributed by atoms with Gasteiger partial charge in [0.2, 0.25) is 5.91 Å². The van der Waals surface area contributed by atoms with Crippen LogP contribution in [0.1, 0.15) is 70.9 Å². The third-order valence-corrected chi connectivity index (χ3v) is 6.39. The second kappa shape index (κ2) is 20.3. The largest absolute Gasteiger partial charge is 0.444 e. The molecule has 0 atom stereocenters. The van der Waals surface area contributed by atoms with E-state index in [0.29, 0.717) is 18.1 Å². The Labute approximate surface area is 267 Å². The number of allylic oxidation sites excluding steroid dienone is 4. The first kappa shape index (κ1) is 39.3. The number of carbonyl (C=O) groups excluding carboxylic acids is 2. The number of ether oxygens (including phenoxy) is 1. The van der Waals surface area contributed by atoms with Crippen LogP contribution in [-0.4, -0.2) is 40.1 Å². The van der Waals surface area contributed by atoms with Crippen molar-refractivity contribution in [1.82, 2.24) is 20.2 Å². The van der Waals surface area contributed by atoms with Gasteiger partial charge in [-0.25, -0.2) is 4.79 Å². The summed E-state index contributed by atoms with van der Waals surface area (Å²) in [4.78, 5) is 29.2. The summed E-state index contributed by atoms with van der Waals surface area (Å²) in [5.41, 5.74) is 3.56. The van der Waals surface area contributed by atoms with Gasteiger partial charge in [0, 0.05) is 47.5 Å². The highest BCUT2D eigenvalue weighted by Crippen LogP contribution is 2.36. The SMILES string of the molecule is C=C(/C=C(Cl)\C=C/C)Sc1c(C)c(CNC(=O)CNC(=O)OC(C)(C)C)c(C)n1Cc1ccncc1.CC(C)C.CCl. The molecule has 2 amide bonds. The highest BCUT2D eigenvalue weighted by molar-refractivity contribution is 8.03. The molecule has 0 bridgehead atoms. The van der Waals surface area contributed by atoms with E-state index in [1.807, 2.05) is 51.1 Å². The maximum absolute atomic E-state index is 12.4. The van der Waals surface area contributed by atoms with E-state index in [4.69, 9.17) is 16.3 Å². The van der Waals surface area contributed by atoms with Crippen LogP contribution in [0.25, 0.3) is 0 Å². The number of amides is 2. The maximum atomic E-state index is 12.4. The Kier molecular flexibility index (Phi) is 19.0. The van der Waals surface area contributed by atoms with Crippen molar-refractivity contribution in [1.29, 1.82) is 0 Å². The summed E-state index contributed by atoms with van der Waals surface area (Å²) in [7, 11) is 0. The lowest BCUT2D eigenvalue weighted by molar-refractivity contribution is -0.120. The maximum Gasteiger partial charge on any atom is 0.408 e. The van der Waals surface area contributed by atoms with Crippen molar-refractivity contribution in [3.8, 4) is 0 Å². The van der Waals surface area contributed by atoms with E-state index in [2.05, 4.69) is 59.1 Å². The first-order chi connectivity index (χ1) is 19.6. The highest BCUT2D eigenvalue weighted by atomic mass is 35.5. The summed E-state index contributed by atoms with van der Waals surface area (Å²) in [5.74, 6) is 0.529. The molecule has 0 unspecified atom stereocenters. The van der Waals surface area contributed by atoms with Crippen LogP contribution in [0, 0.1) is 19.8 Å². The zero-order valence-corrected chi connectivity index (χ0v) is 29.1. The van der Waals surface area contributed by atoms with Crippen LogP contribution in [0.2, 0.25) is 0 Å². The fourth-order valence-corrected chi connectivity index (χ4v) is 4.75. The number of thioether (sulfide) groups is 1. The standard InChI is InChI=1S/C27H35ClN4O3S.C4H10.CH3Cl/c1-8-9-22(28)14-18(2)36-25-19(3)23(20(4)32(25)17-21-10-12-29-13-11-21)15-30-24(33)16-31-26(34)35-27(5,6)7;1-4(2)3;1-2/h8-14H,2,15-17H2,1,3-7H3,(H,30,33)(H,31,34);4H,1-3H3;1H3/b9-8-,22-14+;;. The zero-order chi connectivity index (χ0) is 32.5. The van der Waals surface area contributed by atoms with Gasteiger partial charge in [-0.15, -0.1) is 11.6 Å². The fraction of sp³-hybridized carbons (Fsp3) is 0.469. The predicted octanol–water partition coefficient (Wildman–Crippen LogP) is 8.51. The number of nitrogens with zero attached hydrogens (tertiary/aromatic N) is 2. The number of hydrogen-bond donors (Lipinski definition) is 2. The van der Waals surface area contributed by atoms with Crippen molar-refractivity contribution in [2.45, 2.75) is 86.0 Å². The molecule has 0 saturated carbocycles. The average Bonchev–Trinajstić information content (AvgIpc) is 3.10. The number of rotatable bonds is 10. The minimum Gasteiger partial charge on any atom is -0.444 e. The quantitative estimate of drug-likeness (QED) is 0.155. The molecular weight excluding hydrogens is 591 g/mol. The Morgan fingerprint density at radius 3 is 2.24 bits per heavy atom. The third-order valence-electron chi connectivity index (χ3n) is 5.06. The van der Waals surface area contributed by atoms with Gasteiger partial charge in [-0.05, 0) is 88.4 Å². The Bertz CT molecular complexity index is 1200. The lowest BCUT2D eigenvalue weighted by Gasteiger charge is -2.19. The second-order valence-corrected chi connectivity index (χ2v) is 12.4. The van der Waals surface area contributed by atoms with E-state index in [9.17, 15) is 9.59 Å². The number of carbonyl (C=O) groups is 2. The summed E-state index contributed by atoms with van der Waals surface area (Å²) in [6, 6.07) is 3.95. The number of aromatic nitrogens is 2. The van der Waals surface area contributed by atoms with Gasteiger partial charge in [0.1, 0.15) is 12.1 Å². The molecule has 0 radical (unpaired) electrons. The van der Waals surface area contributed by atoms with E-state index >= 15 is 0 Å². The Morgan fingerprint density at radius 1 is 1.14 bits per heavy atom. The van der Waals surface area contributed by atoms with E-state index in [1.54, 1.807) is 33.2 Å². The second-order valence-electron chi connectivity index (χ2n) is 10.9. The lowest BCUT2D eigenvalue weighted by Crippen LogP contribution is -2.39. The van der Waals surface area contributed by atoms with Crippen LogP contribution in [-0.2, 0) is 22.6 Å². The number of alkyl halides is 1. The third kappa shape index (κ3) is 16.1. The Morgan fingerprint density at radius 2 is 1.71 bits per heavy atom. The number of alkyl carbamates (subject to hydrolysis) is 1. The molecule has 0 aliphatic rings. The van der Waals surface area contributed by atoms with Crippen LogP contribution in [0.3, 0.4) is 0 Å². The number of halogens is 2. The molecule has 0 aromatic carbocycles. The van der Waals surface area contributed by atoms with Gasteiger partial charge in [-0.3, -0.25) is 9.78 Å². The van der Waals surface area contributed by atoms with Gasteiger partial charge >= 0.3 is 6.09 Å². The molecule has 0 spiro atoms. The average molecular weight is 640 g/mol. The molecular formula is C32H48Cl2N4O3S. The molecule has 2 heterocycles. The summed E-state index contributed by atoms with van der Waals surface area (Å²) in [5, 5.41) is 7.00. The van der Waals surface area contributed by atoms with Crippen molar-refractivity contribution in [3.05, 3.63) is 81.7 Å². The zero-order valence-electron chi connectivity index (χ0n) is 26.7. The van der Waals surface area contributed by atoms with Crippen LogP contribution in [0.15, 0.2) is 64.3 Å². The minimum atomic E-state index is -0.629. The van der Waals surface area contributed by atoms with Crippen LogP contribution < -0.4 is 10.6 Å². The molecule has 0 aliphatic carbocycles. The number of nitrogens with one attached hydrogen (secondary N) is 2. The van der Waals surface area contributed by atoms with Gasteiger partial charge in [0.15, 0.2) is 0 Å². The molecule has 0 aliphatic heterocycles. The topological polar surface area (TPSA) is 85.3 Å². The molecule has 42 heavy (non-hydrogen) atoms. The van der Waals surface area contributed by atoms with Gasteiger partial charge in [0.05, 0.1) is 5.03 Å². The lowest BCUT2D eigenvalue weighted by atomic mass is 10.1. The molecule has 10 heteroatoms. The van der Waals surface area contributed by atoms with Crippen molar-refractivity contribution in [2.24, 2.45) is 5.92 Å². The molecule has 2 N–H and O–H groups in total. The predicted molar refractivity (Wildman–Crippen MR) is 179 cm³/mol. The van der Waals surface area contributed by atoms with Crippen LogP contribution in [0.4, 0.5) is 4.79 Å². The molecule has 2 aromatic heterocycles. The Balaban J connectivity index is 0.00000257. The van der Waals surface area contributed by atoms with E-state index in [1.165, 1.54) is 18.1 Å². The monoisotopic (exact) mass is 638 g/mol. The summed E-state index contributed by atoms with van der Waals surface area (Å²) in [6.07, 6.45) is 9.89. The summed E-state index contributed by atoms with van der Waals surface area (Å²) in [6.45, 7) is 22.7. The summed E-state index contributed by atoms with van der Waals surface area (Å²) >= 11 is 12.4. The van der Waals surface area contributed by atoms with Gasteiger partial charge in [0.25, 0.3) is 0 Å². The van der Waals surface area contributed by atoms with Gasteiger partial charge in [-0.2, -0.15) is 0 Å². The first-order valence-corrected chi connectivity index (χ1v) is 15.6. The molecule has 2 aromatic rings. The Hall–Kier alpha value is -2.68. The molecule has 0 saturated heterocycles. The van der Waals surface area contributed by atoms with E-state index in [-0.39, 0.29) is 12.5 Å². The molecule has 0 fully saturated rings. The molecule has 2 rings (SSSR count). The smallest absolute Gasteiger partial charge is 0.408 e. The molecule has 7 nitrogen and oxygen atoms in total.